The maximum atomic E-state index is 13.0. The van der Waals surface area contributed by atoms with Crippen molar-refractivity contribution in [3.05, 3.63) is 107 Å². The second-order valence-corrected chi connectivity index (χ2v) is 8.58. The molecule has 181 valence electrons. The van der Waals surface area contributed by atoms with Gasteiger partial charge in [0, 0.05) is 18.5 Å². The lowest BCUT2D eigenvalue weighted by Crippen LogP contribution is -2.13. The highest BCUT2D eigenvalue weighted by Crippen LogP contribution is 2.44. The third-order valence-corrected chi connectivity index (χ3v) is 6.50. The fraction of sp³-hybridized carbons (Fsp3) is 0.167. The number of hydrogen-bond acceptors (Lipinski definition) is 5. The van der Waals surface area contributed by atoms with Crippen molar-refractivity contribution in [2.45, 2.75) is 12.5 Å². The Morgan fingerprint density at radius 2 is 1.53 bits per heavy atom. The Labute approximate surface area is 210 Å². The van der Waals surface area contributed by atoms with Crippen molar-refractivity contribution in [1.82, 2.24) is 0 Å². The number of hydrogen-bond donors (Lipinski definition) is 1. The quantitative estimate of drug-likeness (QED) is 0.294. The van der Waals surface area contributed by atoms with Crippen LogP contribution in [-0.4, -0.2) is 26.8 Å². The summed E-state index contributed by atoms with van der Waals surface area (Å²) in [5.74, 6) is 0.268. The Balaban J connectivity index is 1.30. The van der Waals surface area contributed by atoms with E-state index in [0.717, 1.165) is 33.5 Å². The largest absolute Gasteiger partial charge is 0.497 e. The SMILES string of the molecule is COc1ccc(NCc2ccc([O])c(C(=O)OCC3c4ccccc4-c4ccccc43)c2)c(OC)c1. The molecule has 0 saturated heterocycles. The number of methoxy groups -OCH3 is 2. The first-order valence-corrected chi connectivity index (χ1v) is 11.7. The highest BCUT2D eigenvalue weighted by Gasteiger charge is 2.29. The number of esters is 1. The Morgan fingerprint density at radius 3 is 2.19 bits per heavy atom. The molecule has 4 aromatic carbocycles. The van der Waals surface area contributed by atoms with Gasteiger partial charge in [0.15, 0.2) is 5.75 Å². The summed E-state index contributed by atoms with van der Waals surface area (Å²) in [6.07, 6.45) is 0. The molecule has 1 N–H and O–H groups in total. The molecule has 6 nitrogen and oxygen atoms in total. The summed E-state index contributed by atoms with van der Waals surface area (Å²) >= 11 is 0. The molecule has 5 rings (SSSR count). The van der Waals surface area contributed by atoms with Gasteiger partial charge in [0.05, 0.1) is 19.9 Å². The number of benzene rings is 4. The van der Waals surface area contributed by atoms with Crippen LogP contribution in [0.1, 0.15) is 33.0 Å². The van der Waals surface area contributed by atoms with Gasteiger partial charge in [-0.3, -0.25) is 5.11 Å². The van der Waals surface area contributed by atoms with Crippen LogP contribution in [0.15, 0.2) is 84.9 Å². The highest BCUT2D eigenvalue weighted by atomic mass is 16.5. The summed E-state index contributed by atoms with van der Waals surface area (Å²) in [5, 5.41) is 15.8. The molecule has 1 radical (unpaired) electrons. The predicted molar refractivity (Wildman–Crippen MR) is 137 cm³/mol. The third kappa shape index (κ3) is 4.45. The van der Waals surface area contributed by atoms with E-state index in [9.17, 15) is 9.90 Å². The van der Waals surface area contributed by atoms with Gasteiger partial charge in [-0.2, -0.15) is 0 Å². The number of anilines is 1. The topological polar surface area (TPSA) is 76.7 Å². The van der Waals surface area contributed by atoms with Gasteiger partial charge in [-0.05, 0) is 52.1 Å². The molecule has 1 aliphatic carbocycles. The van der Waals surface area contributed by atoms with Crippen molar-refractivity contribution in [2.24, 2.45) is 0 Å². The summed E-state index contributed by atoms with van der Waals surface area (Å²) in [5.41, 5.74) is 6.13. The molecule has 0 fully saturated rings. The van der Waals surface area contributed by atoms with Crippen molar-refractivity contribution in [1.29, 1.82) is 0 Å². The molecular weight excluding hydrogens is 454 g/mol. The molecule has 0 unspecified atom stereocenters. The number of fused-ring (bicyclic) bond motifs is 3. The Bertz CT molecular complexity index is 1370. The van der Waals surface area contributed by atoms with Crippen molar-refractivity contribution in [3.8, 4) is 28.4 Å². The van der Waals surface area contributed by atoms with E-state index >= 15 is 0 Å². The summed E-state index contributed by atoms with van der Waals surface area (Å²) in [6.45, 7) is 0.560. The summed E-state index contributed by atoms with van der Waals surface area (Å²) in [6, 6.07) is 26.4. The molecule has 0 amide bonds. The van der Waals surface area contributed by atoms with E-state index in [1.165, 1.54) is 6.07 Å². The summed E-state index contributed by atoms with van der Waals surface area (Å²) < 4.78 is 16.3. The van der Waals surface area contributed by atoms with Gasteiger partial charge >= 0.3 is 5.97 Å². The van der Waals surface area contributed by atoms with Gasteiger partial charge in [0.1, 0.15) is 23.7 Å². The van der Waals surface area contributed by atoms with E-state index in [4.69, 9.17) is 14.2 Å². The second kappa shape index (κ2) is 10.0. The normalized spacial score (nSPS) is 11.9. The van der Waals surface area contributed by atoms with Gasteiger partial charge in [-0.15, -0.1) is 0 Å². The van der Waals surface area contributed by atoms with Crippen molar-refractivity contribution < 1.29 is 24.1 Å². The third-order valence-electron chi connectivity index (χ3n) is 6.50. The fourth-order valence-electron chi connectivity index (χ4n) is 4.66. The molecule has 1 aliphatic rings. The number of rotatable bonds is 8. The van der Waals surface area contributed by atoms with Crippen LogP contribution in [0.4, 0.5) is 5.69 Å². The molecule has 0 aliphatic heterocycles. The fourth-order valence-corrected chi connectivity index (χ4v) is 4.66. The van der Waals surface area contributed by atoms with E-state index in [0.29, 0.717) is 18.0 Å². The number of ether oxygens (including phenoxy) is 3. The molecule has 36 heavy (non-hydrogen) atoms. The van der Waals surface area contributed by atoms with Gasteiger partial charge < -0.3 is 19.5 Å². The predicted octanol–water partition coefficient (Wildman–Crippen LogP) is 6.43. The highest BCUT2D eigenvalue weighted by molar-refractivity contribution is 5.92. The maximum absolute atomic E-state index is 13.0. The van der Waals surface area contributed by atoms with Crippen LogP contribution in [0.2, 0.25) is 0 Å². The first kappa shape index (κ1) is 23.3. The van der Waals surface area contributed by atoms with Crippen LogP contribution in [0.25, 0.3) is 11.1 Å². The molecule has 0 spiro atoms. The molecule has 0 aromatic heterocycles. The van der Waals surface area contributed by atoms with Crippen LogP contribution >= 0.6 is 0 Å². The van der Waals surface area contributed by atoms with E-state index in [1.54, 1.807) is 32.4 Å². The van der Waals surface area contributed by atoms with Crippen LogP contribution < -0.4 is 14.8 Å². The lowest BCUT2D eigenvalue weighted by atomic mass is 9.98. The minimum atomic E-state index is -0.620. The zero-order chi connectivity index (χ0) is 25.1. The van der Waals surface area contributed by atoms with E-state index < -0.39 is 5.97 Å². The van der Waals surface area contributed by atoms with Crippen LogP contribution in [0, 0.1) is 0 Å². The number of carbonyl (C=O) groups is 1. The van der Waals surface area contributed by atoms with Crippen molar-refractivity contribution >= 4 is 11.7 Å². The van der Waals surface area contributed by atoms with E-state index in [2.05, 4.69) is 29.6 Å². The number of nitrogens with one attached hydrogen (secondary N) is 1. The van der Waals surface area contributed by atoms with E-state index in [1.807, 2.05) is 36.4 Å². The first-order valence-electron chi connectivity index (χ1n) is 11.7. The second-order valence-electron chi connectivity index (χ2n) is 8.58. The van der Waals surface area contributed by atoms with E-state index in [-0.39, 0.29) is 23.8 Å². The maximum Gasteiger partial charge on any atom is 0.342 e. The minimum Gasteiger partial charge on any atom is -0.497 e. The van der Waals surface area contributed by atoms with Crippen LogP contribution in [0.3, 0.4) is 0 Å². The molecular formula is C30H26NO5. The zero-order valence-electron chi connectivity index (χ0n) is 20.1. The Hall–Kier alpha value is -4.45. The van der Waals surface area contributed by atoms with Crippen LogP contribution in [-0.2, 0) is 16.4 Å². The average molecular weight is 481 g/mol. The first-order chi connectivity index (χ1) is 17.6. The van der Waals surface area contributed by atoms with Gasteiger partial charge in [0.2, 0.25) is 0 Å². The monoisotopic (exact) mass is 480 g/mol. The number of carbonyl (C=O) groups excluding carboxylic acids is 1. The Kier molecular flexibility index (Phi) is 6.50. The molecule has 0 bridgehead atoms. The molecule has 0 atom stereocenters. The molecule has 4 aromatic rings. The van der Waals surface area contributed by atoms with Gasteiger partial charge in [-0.25, -0.2) is 4.79 Å². The smallest absolute Gasteiger partial charge is 0.342 e. The van der Waals surface area contributed by atoms with Crippen LogP contribution in [0.5, 0.6) is 17.2 Å². The van der Waals surface area contributed by atoms with Crippen molar-refractivity contribution in [3.63, 3.8) is 0 Å². The zero-order valence-corrected chi connectivity index (χ0v) is 20.1. The molecule has 0 saturated carbocycles. The Morgan fingerprint density at radius 1 is 0.833 bits per heavy atom. The molecule has 6 heteroatoms. The lowest BCUT2D eigenvalue weighted by molar-refractivity contribution is 0.0488. The summed E-state index contributed by atoms with van der Waals surface area (Å²) in [7, 11) is 3.18. The van der Waals surface area contributed by atoms with Gasteiger partial charge in [-0.1, -0.05) is 54.6 Å². The molecule has 0 heterocycles. The van der Waals surface area contributed by atoms with Crippen molar-refractivity contribution in [2.75, 3.05) is 26.1 Å². The summed E-state index contributed by atoms with van der Waals surface area (Å²) in [4.78, 5) is 13.0. The minimum absolute atomic E-state index is 0.0237. The average Bonchev–Trinajstić information content (AvgIpc) is 3.24. The van der Waals surface area contributed by atoms with Gasteiger partial charge in [0.25, 0.3) is 0 Å². The standard InChI is InChI=1S/C30H26NO5/c1-34-20-12-13-27(29(16-20)35-2)31-17-19-11-14-28(32)25(15-19)30(33)36-18-26-23-9-5-3-7-21(23)22-8-4-6-10-24(22)26/h3-16,26,31H,17-18H2,1-2H3. The lowest BCUT2D eigenvalue weighted by Gasteiger charge is -2.15.